The van der Waals surface area contributed by atoms with Gasteiger partial charge in [-0.2, -0.15) is 0 Å². The summed E-state index contributed by atoms with van der Waals surface area (Å²) in [4.78, 5) is 6.58. The minimum atomic E-state index is 0.800. The molecule has 5 heteroatoms. The zero-order valence-electron chi connectivity index (χ0n) is 8.46. The molecule has 0 aliphatic carbocycles. The van der Waals surface area contributed by atoms with E-state index in [1.54, 1.807) is 10.8 Å². The van der Waals surface area contributed by atoms with Crippen LogP contribution in [0.15, 0.2) is 29.4 Å². The fourth-order valence-electron chi connectivity index (χ4n) is 1.29. The average molecular weight is 242 g/mol. The van der Waals surface area contributed by atoms with Crippen LogP contribution in [0.25, 0.3) is 0 Å². The summed E-state index contributed by atoms with van der Waals surface area (Å²) in [7, 11) is 3.59. The summed E-state index contributed by atoms with van der Waals surface area (Å²) in [6, 6.07) is 6.00. The number of pyridine rings is 1. The standard InChI is InChI=1S/C10H14N2OS2/c1-2-4-11-10(3-1)15-14-8-6-12-5-7-13-9-12/h1-4H,5-9H2. The minimum Gasteiger partial charge on any atom is -0.365 e. The Labute approximate surface area is 98.0 Å². The molecule has 0 aromatic carbocycles. The molecule has 1 fully saturated rings. The van der Waals surface area contributed by atoms with E-state index in [2.05, 4.69) is 9.88 Å². The highest BCUT2D eigenvalue weighted by molar-refractivity contribution is 8.76. The van der Waals surface area contributed by atoms with E-state index in [4.69, 9.17) is 4.74 Å². The van der Waals surface area contributed by atoms with Gasteiger partial charge in [0, 0.05) is 25.0 Å². The van der Waals surface area contributed by atoms with Gasteiger partial charge < -0.3 is 4.74 Å². The largest absolute Gasteiger partial charge is 0.365 e. The van der Waals surface area contributed by atoms with Crippen molar-refractivity contribution in [2.24, 2.45) is 0 Å². The lowest BCUT2D eigenvalue weighted by molar-refractivity contribution is 0.144. The summed E-state index contributed by atoms with van der Waals surface area (Å²) in [5.74, 6) is 1.12. The van der Waals surface area contributed by atoms with E-state index in [1.807, 2.05) is 35.2 Å². The highest BCUT2D eigenvalue weighted by Gasteiger charge is 2.10. The van der Waals surface area contributed by atoms with E-state index in [-0.39, 0.29) is 0 Å². The smallest absolute Gasteiger partial charge is 0.106 e. The molecule has 1 aromatic heterocycles. The van der Waals surface area contributed by atoms with Crippen molar-refractivity contribution in [1.82, 2.24) is 9.88 Å². The van der Waals surface area contributed by atoms with Crippen molar-refractivity contribution in [3.63, 3.8) is 0 Å². The van der Waals surface area contributed by atoms with Gasteiger partial charge in [0.2, 0.25) is 0 Å². The van der Waals surface area contributed by atoms with Gasteiger partial charge in [-0.15, -0.1) is 0 Å². The predicted octanol–water partition coefficient (Wildman–Crippen LogP) is 2.11. The molecule has 2 heterocycles. The topological polar surface area (TPSA) is 25.4 Å². The zero-order valence-corrected chi connectivity index (χ0v) is 10.1. The minimum absolute atomic E-state index is 0.800. The van der Waals surface area contributed by atoms with Crippen LogP contribution >= 0.6 is 21.6 Å². The second-order valence-corrected chi connectivity index (χ2v) is 5.66. The number of hydrogen-bond donors (Lipinski definition) is 0. The van der Waals surface area contributed by atoms with E-state index in [9.17, 15) is 0 Å². The second kappa shape index (κ2) is 6.37. The lowest BCUT2D eigenvalue weighted by Gasteiger charge is -2.11. The van der Waals surface area contributed by atoms with Crippen molar-refractivity contribution >= 4 is 21.6 Å². The molecule has 1 saturated heterocycles. The summed E-state index contributed by atoms with van der Waals surface area (Å²) >= 11 is 0. The second-order valence-electron chi connectivity index (χ2n) is 3.23. The van der Waals surface area contributed by atoms with Gasteiger partial charge in [0.1, 0.15) is 5.03 Å². The van der Waals surface area contributed by atoms with Crippen molar-refractivity contribution < 1.29 is 4.74 Å². The van der Waals surface area contributed by atoms with Crippen molar-refractivity contribution in [3.05, 3.63) is 24.4 Å². The van der Waals surface area contributed by atoms with Crippen molar-refractivity contribution in [1.29, 1.82) is 0 Å². The van der Waals surface area contributed by atoms with Gasteiger partial charge in [0.25, 0.3) is 0 Å². The number of nitrogens with zero attached hydrogens (tertiary/aromatic N) is 2. The zero-order chi connectivity index (χ0) is 10.3. The summed E-state index contributed by atoms with van der Waals surface area (Å²) in [6.45, 7) is 3.87. The van der Waals surface area contributed by atoms with Crippen LogP contribution in [0, 0.1) is 0 Å². The highest BCUT2D eigenvalue weighted by Crippen LogP contribution is 2.28. The third kappa shape index (κ3) is 4.03. The van der Waals surface area contributed by atoms with E-state index >= 15 is 0 Å². The first-order valence-corrected chi connectivity index (χ1v) is 7.27. The quantitative estimate of drug-likeness (QED) is 0.582. The molecule has 0 spiro atoms. The van der Waals surface area contributed by atoms with Crippen molar-refractivity contribution in [3.8, 4) is 0 Å². The van der Waals surface area contributed by atoms with Gasteiger partial charge in [-0.3, -0.25) is 4.90 Å². The van der Waals surface area contributed by atoms with Gasteiger partial charge in [-0.05, 0) is 22.9 Å². The molecular formula is C10H14N2OS2. The molecule has 0 radical (unpaired) electrons. The lowest BCUT2D eigenvalue weighted by atomic mass is 10.5. The molecule has 2 rings (SSSR count). The van der Waals surface area contributed by atoms with Crippen LogP contribution in [0.4, 0.5) is 0 Å². The fourth-order valence-corrected chi connectivity index (χ4v) is 3.20. The maximum absolute atomic E-state index is 5.27. The molecule has 0 atom stereocenters. The van der Waals surface area contributed by atoms with E-state index in [0.717, 1.165) is 37.2 Å². The first-order chi connectivity index (χ1) is 7.45. The SMILES string of the molecule is c1ccc(SSCCN2CCOC2)nc1. The van der Waals surface area contributed by atoms with E-state index < -0.39 is 0 Å². The number of ether oxygens (including phenoxy) is 1. The predicted molar refractivity (Wildman–Crippen MR) is 64.9 cm³/mol. The Morgan fingerprint density at radius 1 is 1.47 bits per heavy atom. The average Bonchev–Trinajstić information content (AvgIpc) is 2.79. The molecule has 1 aromatic rings. The van der Waals surface area contributed by atoms with Gasteiger partial charge in [0.15, 0.2) is 0 Å². The van der Waals surface area contributed by atoms with Crippen molar-refractivity contribution in [2.75, 3.05) is 32.2 Å². The number of rotatable bonds is 5. The molecule has 0 amide bonds. The van der Waals surface area contributed by atoms with Crippen LogP contribution in [0.2, 0.25) is 0 Å². The molecule has 1 aliphatic heterocycles. The van der Waals surface area contributed by atoms with Crippen molar-refractivity contribution in [2.45, 2.75) is 5.03 Å². The van der Waals surface area contributed by atoms with Gasteiger partial charge in [0.05, 0.1) is 13.3 Å². The lowest BCUT2D eigenvalue weighted by Crippen LogP contribution is -2.22. The van der Waals surface area contributed by atoms with E-state index in [1.165, 1.54) is 0 Å². The third-order valence-corrected chi connectivity index (χ3v) is 4.34. The fraction of sp³-hybridized carbons (Fsp3) is 0.500. The Morgan fingerprint density at radius 3 is 3.20 bits per heavy atom. The Bertz CT molecular complexity index is 278. The Balaban J connectivity index is 1.59. The van der Waals surface area contributed by atoms with Gasteiger partial charge in [-0.1, -0.05) is 16.9 Å². The van der Waals surface area contributed by atoms with Crippen LogP contribution in [0.3, 0.4) is 0 Å². The van der Waals surface area contributed by atoms with Gasteiger partial charge in [-0.25, -0.2) is 4.98 Å². The summed E-state index contributed by atoms with van der Waals surface area (Å²) < 4.78 is 5.27. The Kier molecular flexibility index (Phi) is 4.78. The molecule has 1 aliphatic rings. The number of hydrogen-bond acceptors (Lipinski definition) is 5. The van der Waals surface area contributed by atoms with E-state index in [0.29, 0.717) is 0 Å². The normalized spacial score (nSPS) is 17.1. The molecular weight excluding hydrogens is 228 g/mol. The maximum atomic E-state index is 5.27. The molecule has 0 saturated carbocycles. The Morgan fingerprint density at radius 2 is 2.47 bits per heavy atom. The first-order valence-electron chi connectivity index (χ1n) is 4.96. The monoisotopic (exact) mass is 242 g/mol. The maximum Gasteiger partial charge on any atom is 0.106 e. The Hall–Kier alpha value is -0.230. The molecule has 0 N–H and O–H groups in total. The summed E-state index contributed by atoms with van der Waals surface area (Å²) in [5.41, 5.74) is 0. The molecule has 0 bridgehead atoms. The van der Waals surface area contributed by atoms with Crippen LogP contribution in [-0.4, -0.2) is 42.1 Å². The molecule has 82 valence electrons. The highest BCUT2D eigenvalue weighted by atomic mass is 33.1. The number of aromatic nitrogens is 1. The first kappa shape index (κ1) is 11.3. The summed E-state index contributed by atoms with van der Waals surface area (Å²) in [6.07, 6.45) is 1.83. The summed E-state index contributed by atoms with van der Waals surface area (Å²) in [5, 5.41) is 1.08. The molecule has 0 unspecified atom stereocenters. The van der Waals surface area contributed by atoms with Crippen LogP contribution < -0.4 is 0 Å². The van der Waals surface area contributed by atoms with Gasteiger partial charge >= 0.3 is 0 Å². The van der Waals surface area contributed by atoms with Crippen LogP contribution in [0.1, 0.15) is 0 Å². The molecule has 15 heavy (non-hydrogen) atoms. The van der Waals surface area contributed by atoms with Crippen LogP contribution in [-0.2, 0) is 4.74 Å². The molecule has 3 nitrogen and oxygen atoms in total. The third-order valence-electron chi connectivity index (χ3n) is 2.10. The van der Waals surface area contributed by atoms with Crippen LogP contribution in [0.5, 0.6) is 0 Å².